The van der Waals surface area contributed by atoms with Gasteiger partial charge in [-0.05, 0) is 61.6 Å². The molecule has 0 spiro atoms. The summed E-state index contributed by atoms with van der Waals surface area (Å²) in [6.07, 6.45) is 5.84. The van der Waals surface area contributed by atoms with E-state index in [0.29, 0.717) is 12.0 Å². The van der Waals surface area contributed by atoms with Crippen molar-refractivity contribution >= 4 is 34.4 Å². The third kappa shape index (κ3) is 3.99. The Bertz CT molecular complexity index is 1120. The lowest BCUT2D eigenvalue weighted by Crippen LogP contribution is -2.35. The fourth-order valence-corrected chi connectivity index (χ4v) is 3.68. The van der Waals surface area contributed by atoms with Gasteiger partial charge < -0.3 is 14.5 Å². The van der Waals surface area contributed by atoms with E-state index in [1.54, 1.807) is 6.26 Å². The predicted molar refractivity (Wildman–Crippen MR) is 115 cm³/mol. The first-order valence-electron chi connectivity index (χ1n) is 10.2. The molecule has 4 rings (SSSR count). The molecule has 6 heteroatoms. The van der Waals surface area contributed by atoms with Crippen molar-refractivity contribution < 1.29 is 18.7 Å². The van der Waals surface area contributed by atoms with E-state index in [1.807, 2.05) is 56.3 Å². The first-order valence-corrected chi connectivity index (χ1v) is 10.2. The van der Waals surface area contributed by atoms with Gasteiger partial charge in [-0.1, -0.05) is 25.1 Å². The van der Waals surface area contributed by atoms with Gasteiger partial charge in [-0.2, -0.15) is 0 Å². The second kappa shape index (κ2) is 8.53. The van der Waals surface area contributed by atoms with Crippen LogP contribution in [-0.4, -0.2) is 29.5 Å². The summed E-state index contributed by atoms with van der Waals surface area (Å²) in [5.74, 6) is -0.0480. The van der Waals surface area contributed by atoms with Gasteiger partial charge in [-0.15, -0.1) is 0 Å². The zero-order valence-corrected chi connectivity index (χ0v) is 17.1. The molecule has 1 amide bonds. The van der Waals surface area contributed by atoms with Gasteiger partial charge in [0.2, 0.25) is 0 Å². The van der Waals surface area contributed by atoms with Crippen molar-refractivity contribution in [2.45, 2.75) is 39.2 Å². The number of nitrogens with one attached hydrogen (secondary N) is 1. The number of amides is 1. The standard InChI is InChI=1S/C24H24N2O4/c1-3-15(2)25-21(27)14-30-24(28)22-18-8-4-5-9-20(18)26-23-16(10-11-19(22)23)13-17-7-6-12-29-17/h4-9,12-13,15H,3,10-11,14H2,1-2H3,(H,25,27)/b16-13+/t15-/m0/s1. The van der Waals surface area contributed by atoms with Crippen molar-refractivity contribution in [3.63, 3.8) is 0 Å². The third-order valence-electron chi connectivity index (χ3n) is 5.36. The van der Waals surface area contributed by atoms with E-state index in [-0.39, 0.29) is 18.6 Å². The van der Waals surface area contributed by atoms with E-state index in [4.69, 9.17) is 14.1 Å². The topological polar surface area (TPSA) is 81.4 Å². The third-order valence-corrected chi connectivity index (χ3v) is 5.36. The van der Waals surface area contributed by atoms with Crippen molar-refractivity contribution in [1.82, 2.24) is 10.3 Å². The highest BCUT2D eigenvalue weighted by atomic mass is 16.5. The van der Waals surface area contributed by atoms with Gasteiger partial charge in [0.15, 0.2) is 6.61 Å². The summed E-state index contributed by atoms with van der Waals surface area (Å²) in [5.41, 5.74) is 3.89. The summed E-state index contributed by atoms with van der Waals surface area (Å²) < 4.78 is 10.8. The molecule has 0 bridgehead atoms. The van der Waals surface area contributed by atoms with Crippen LogP contribution in [0.2, 0.25) is 0 Å². The van der Waals surface area contributed by atoms with E-state index in [1.165, 1.54) is 0 Å². The zero-order valence-electron chi connectivity index (χ0n) is 17.1. The number of esters is 1. The summed E-state index contributed by atoms with van der Waals surface area (Å²) in [4.78, 5) is 29.9. The van der Waals surface area contributed by atoms with Gasteiger partial charge in [-0.25, -0.2) is 9.78 Å². The Morgan fingerprint density at radius 1 is 1.23 bits per heavy atom. The molecular weight excluding hydrogens is 380 g/mol. The number of hydrogen-bond acceptors (Lipinski definition) is 5. The lowest BCUT2D eigenvalue weighted by atomic mass is 10.0. The quantitative estimate of drug-likeness (QED) is 0.617. The molecule has 154 valence electrons. The molecule has 1 aliphatic rings. The molecule has 0 aliphatic heterocycles. The number of nitrogens with zero attached hydrogens (tertiary/aromatic N) is 1. The molecule has 0 fully saturated rings. The van der Waals surface area contributed by atoms with E-state index >= 15 is 0 Å². The summed E-state index contributed by atoms with van der Waals surface area (Å²) in [5, 5.41) is 3.55. The number of para-hydroxylation sites is 1. The lowest BCUT2D eigenvalue weighted by Gasteiger charge is -2.14. The van der Waals surface area contributed by atoms with E-state index in [2.05, 4.69) is 5.32 Å². The highest BCUT2D eigenvalue weighted by Crippen LogP contribution is 2.37. The van der Waals surface area contributed by atoms with Crippen LogP contribution in [0.25, 0.3) is 22.6 Å². The molecule has 1 N–H and O–H groups in total. The normalized spacial score (nSPS) is 15.2. The maximum atomic E-state index is 13.0. The average Bonchev–Trinajstić information content (AvgIpc) is 3.40. The van der Waals surface area contributed by atoms with Crippen LogP contribution in [-0.2, 0) is 16.0 Å². The summed E-state index contributed by atoms with van der Waals surface area (Å²) in [7, 11) is 0. The second-order valence-electron chi connectivity index (χ2n) is 7.47. The van der Waals surface area contributed by atoms with Gasteiger partial charge in [0.25, 0.3) is 5.91 Å². The number of hydrogen-bond donors (Lipinski definition) is 1. The van der Waals surface area contributed by atoms with Gasteiger partial charge in [0, 0.05) is 11.4 Å². The molecule has 0 radical (unpaired) electrons. The van der Waals surface area contributed by atoms with Gasteiger partial charge in [-0.3, -0.25) is 4.79 Å². The molecule has 1 aliphatic carbocycles. The van der Waals surface area contributed by atoms with Crippen molar-refractivity contribution in [1.29, 1.82) is 0 Å². The Morgan fingerprint density at radius 3 is 2.83 bits per heavy atom. The number of carbonyl (C=O) groups is 2. The van der Waals surface area contributed by atoms with Crippen LogP contribution in [0.4, 0.5) is 0 Å². The van der Waals surface area contributed by atoms with Gasteiger partial charge in [0.1, 0.15) is 5.76 Å². The van der Waals surface area contributed by atoms with Crippen molar-refractivity contribution in [2.24, 2.45) is 0 Å². The largest absolute Gasteiger partial charge is 0.465 e. The number of benzene rings is 1. The summed E-state index contributed by atoms with van der Waals surface area (Å²) in [6, 6.07) is 11.3. The van der Waals surface area contributed by atoms with Gasteiger partial charge in [0.05, 0.1) is 23.0 Å². The molecule has 1 aromatic carbocycles. The fraction of sp³-hybridized carbons (Fsp3) is 0.292. The van der Waals surface area contributed by atoms with Crippen molar-refractivity contribution in [2.75, 3.05) is 6.61 Å². The first-order chi connectivity index (χ1) is 14.6. The predicted octanol–water partition coefficient (Wildman–Crippen LogP) is 4.39. The summed E-state index contributed by atoms with van der Waals surface area (Å²) in [6.45, 7) is 3.59. The molecule has 0 saturated carbocycles. The molecule has 0 unspecified atom stereocenters. The highest BCUT2D eigenvalue weighted by molar-refractivity contribution is 6.07. The minimum Gasteiger partial charge on any atom is -0.465 e. The fourth-order valence-electron chi connectivity index (χ4n) is 3.68. The molecule has 2 aromatic heterocycles. The number of furan rings is 1. The van der Waals surface area contributed by atoms with Crippen LogP contribution >= 0.6 is 0 Å². The van der Waals surface area contributed by atoms with Crippen LogP contribution in [0, 0.1) is 0 Å². The SMILES string of the molecule is CC[C@H](C)NC(=O)COC(=O)c1c2c(nc3ccccc13)/C(=C/c1ccco1)CC2. The number of rotatable bonds is 6. The summed E-state index contributed by atoms with van der Waals surface area (Å²) >= 11 is 0. The van der Waals surface area contributed by atoms with E-state index in [9.17, 15) is 9.59 Å². The molecule has 6 nitrogen and oxygen atoms in total. The molecular formula is C24H24N2O4. The van der Waals surface area contributed by atoms with E-state index in [0.717, 1.165) is 46.3 Å². The van der Waals surface area contributed by atoms with Crippen LogP contribution in [0.15, 0.2) is 47.1 Å². The number of fused-ring (bicyclic) bond motifs is 2. The Hall–Kier alpha value is -3.41. The highest BCUT2D eigenvalue weighted by Gasteiger charge is 2.28. The second-order valence-corrected chi connectivity index (χ2v) is 7.47. The maximum Gasteiger partial charge on any atom is 0.339 e. The van der Waals surface area contributed by atoms with Crippen molar-refractivity contribution in [3.8, 4) is 0 Å². The van der Waals surface area contributed by atoms with E-state index < -0.39 is 5.97 Å². The minimum absolute atomic E-state index is 0.0384. The maximum absolute atomic E-state index is 13.0. The Balaban J connectivity index is 1.68. The minimum atomic E-state index is -0.497. The number of aromatic nitrogens is 1. The lowest BCUT2D eigenvalue weighted by molar-refractivity contribution is -0.124. The van der Waals surface area contributed by atoms with Crippen LogP contribution in [0.1, 0.15) is 54.1 Å². The first kappa shape index (κ1) is 19.9. The molecule has 2 heterocycles. The number of pyridine rings is 1. The van der Waals surface area contributed by atoms with Crippen LogP contribution in [0.3, 0.4) is 0 Å². The number of allylic oxidation sites excluding steroid dienone is 1. The monoisotopic (exact) mass is 404 g/mol. The Labute approximate surface area is 174 Å². The molecule has 1 atom stereocenters. The Morgan fingerprint density at radius 2 is 2.07 bits per heavy atom. The molecule has 30 heavy (non-hydrogen) atoms. The number of ether oxygens (including phenoxy) is 1. The van der Waals surface area contributed by atoms with Crippen molar-refractivity contribution in [3.05, 3.63) is 65.2 Å². The van der Waals surface area contributed by atoms with Gasteiger partial charge >= 0.3 is 5.97 Å². The van der Waals surface area contributed by atoms with Crippen LogP contribution in [0.5, 0.6) is 0 Å². The average molecular weight is 404 g/mol. The smallest absolute Gasteiger partial charge is 0.339 e. The zero-order chi connectivity index (χ0) is 21.1. The molecule has 3 aromatic rings. The Kier molecular flexibility index (Phi) is 5.65. The molecule has 0 saturated heterocycles. The number of carbonyl (C=O) groups excluding carboxylic acids is 2. The van der Waals surface area contributed by atoms with Crippen LogP contribution < -0.4 is 5.32 Å².